The minimum absolute atomic E-state index is 0.0709. The van der Waals surface area contributed by atoms with E-state index >= 15 is 0 Å². The summed E-state index contributed by atoms with van der Waals surface area (Å²) in [6.45, 7) is 0.332. The van der Waals surface area contributed by atoms with Crippen molar-refractivity contribution in [3.63, 3.8) is 0 Å². The predicted molar refractivity (Wildman–Crippen MR) is 113 cm³/mol. The first kappa shape index (κ1) is 20.7. The fourth-order valence-corrected chi connectivity index (χ4v) is 3.39. The van der Waals surface area contributed by atoms with Gasteiger partial charge >= 0.3 is 0 Å². The van der Waals surface area contributed by atoms with Gasteiger partial charge in [-0.05, 0) is 54.1 Å². The molecule has 0 bridgehead atoms. The summed E-state index contributed by atoms with van der Waals surface area (Å²) in [5.74, 6) is 1.32. The molecule has 3 aromatic carbocycles. The van der Waals surface area contributed by atoms with Crippen molar-refractivity contribution in [2.75, 3.05) is 7.11 Å². The lowest BCUT2D eigenvalue weighted by Crippen LogP contribution is -2.18. The summed E-state index contributed by atoms with van der Waals surface area (Å²) in [5.41, 5.74) is 1.58. The van der Waals surface area contributed by atoms with Crippen LogP contribution >= 0.6 is 11.6 Å². The maximum absolute atomic E-state index is 12.3. The molecule has 0 saturated carbocycles. The van der Waals surface area contributed by atoms with E-state index in [4.69, 9.17) is 21.1 Å². The number of sulfonamides is 1. The molecular weight excluding hydrogens is 412 g/mol. The van der Waals surface area contributed by atoms with E-state index < -0.39 is 10.0 Å². The summed E-state index contributed by atoms with van der Waals surface area (Å²) >= 11 is 5.79. The van der Waals surface area contributed by atoms with Gasteiger partial charge in [-0.25, -0.2) is 4.83 Å². The molecule has 0 fully saturated rings. The average Bonchev–Trinajstić information content (AvgIpc) is 2.73. The van der Waals surface area contributed by atoms with Gasteiger partial charge < -0.3 is 9.47 Å². The molecule has 8 heteroatoms. The lowest BCUT2D eigenvalue weighted by Gasteiger charge is -2.10. The van der Waals surface area contributed by atoms with Crippen LogP contribution in [0.15, 0.2) is 82.8 Å². The minimum Gasteiger partial charge on any atom is -0.497 e. The Morgan fingerprint density at radius 2 is 1.79 bits per heavy atom. The maximum atomic E-state index is 12.3. The van der Waals surface area contributed by atoms with Gasteiger partial charge in [-0.1, -0.05) is 35.9 Å². The molecule has 0 aromatic heterocycles. The van der Waals surface area contributed by atoms with E-state index in [0.29, 0.717) is 22.9 Å². The van der Waals surface area contributed by atoms with Crippen LogP contribution in [-0.2, 0) is 16.6 Å². The van der Waals surface area contributed by atoms with Gasteiger partial charge in [0.25, 0.3) is 10.0 Å². The van der Waals surface area contributed by atoms with Crippen LogP contribution in [-0.4, -0.2) is 21.7 Å². The van der Waals surface area contributed by atoms with Gasteiger partial charge in [0.15, 0.2) is 0 Å². The molecule has 0 unspecified atom stereocenters. The number of ether oxygens (including phenoxy) is 2. The van der Waals surface area contributed by atoms with Gasteiger partial charge in [-0.15, -0.1) is 0 Å². The molecule has 0 radical (unpaired) electrons. The Morgan fingerprint density at radius 3 is 2.55 bits per heavy atom. The summed E-state index contributed by atoms with van der Waals surface area (Å²) in [6, 6.07) is 20.6. The fraction of sp³-hybridized carbons (Fsp3) is 0.0952. The third-order valence-corrected chi connectivity index (χ3v) is 5.44. The van der Waals surface area contributed by atoms with Gasteiger partial charge in [0, 0.05) is 10.6 Å². The van der Waals surface area contributed by atoms with Crippen LogP contribution in [0.5, 0.6) is 11.5 Å². The van der Waals surface area contributed by atoms with E-state index in [9.17, 15) is 8.42 Å². The van der Waals surface area contributed by atoms with Crippen LogP contribution in [0.4, 0.5) is 0 Å². The normalized spacial score (nSPS) is 11.4. The highest BCUT2D eigenvalue weighted by Gasteiger charge is 2.12. The average molecular weight is 431 g/mol. The number of rotatable bonds is 8. The molecule has 3 rings (SSSR count). The molecule has 0 aliphatic carbocycles. The number of para-hydroxylation sites is 1. The first-order valence-electron chi connectivity index (χ1n) is 8.63. The molecular formula is C21H19ClN2O4S. The summed E-state index contributed by atoms with van der Waals surface area (Å²) in [6.07, 6.45) is 1.40. The number of benzene rings is 3. The van der Waals surface area contributed by atoms with E-state index in [0.717, 1.165) is 11.3 Å². The number of nitrogens with one attached hydrogen (secondary N) is 1. The van der Waals surface area contributed by atoms with Crippen molar-refractivity contribution in [3.8, 4) is 11.5 Å². The van der Waals surface area contributed by atoms with Gasteiger partial charge in [0.2, 0.25) is 0 Å². The zero-order chi connectivity index (χ0) is 20.7. The van der Waals surface area contributed by atoms with Crippen molar-refractivity contribution < 1.29 is 17.9 Å². The summed E-state index contributed by atoms with van der Waals surface area (Å²) < 4.78 is 35.6. The Balaban J connectivity index is 1.69. The van der Waals surface area contributed by atoms with Crippen molar-refractivity contribution in [2.24, 2.45) is 5.10 Å². The molecule has 0 heterocycles. The van der Waals surface area contributed by atoms with Crippen molar-refractivity contribution >= 4 is 27.8 Å². The predicted octanol–water partition coefficient (Wildman–Crippen LogP) is 4.24. The molecule has 0 spiro atoms. The van der Waals surface area contributed by atoms with E-state index in [1.807, 2.05) is 36.4 Å². The molecule has 3 aromatic rings. The molecule has 0 amide bonds. The molecule has 6 nitrogen and oxygen atoms in total. The molecule has 150 valence electrons. The van der Waals surface area contributed by atoms with Crippen LogP contribution in [0.25, 0.3) is 0 Å². The van der Waals surface area contributed by atoms with Crippen LogP contribution in [0, 0.1) is 0 Å². The highest BCUT2D eigenvalue weighted by atomic mass is 35.5. The second-order valence-electron chi connectivity index (χ2n) is 5.98. The van der Waals surface area contributed by atoms with Crippen molar-refractivity contribution in [3.05, 3.63) is 88.9 Å². The maximum Gasteiger partial charge on any atom is 0.276 e. The van der Waals surface area contributed by atoms with Crippen LogP contribution < -0.4 is 14.3 Å². The Hall–Kier alpha value is -3.03. The Labute approximate surface area is 174 Å². The molecule has 0 atom stereocenters. The summed E-state index contributed by atoms with van der Waals surface area (Å²) in [4.78, 5) is 2.26. The highest BCUT2D eigenvalue weighted by molar-refractivity contribution is 7.89. The Kier molecular flexibility index (Phi) is 6.74. The van der Waals surface area contributed by atoms with Gasteiger partial charge in [-0.2, -0.15) is 13.5 Å². The number of hydrazone groups is 1. The second-order valence-corrected chi connectivity index (χ2v) is 8.08. The smallest absolute Gasteiger partial charge is 0.276 e. The third kappa shape index (κ3) is 5.73. The standard InChI is InChI=1S/C21H19ClN2O4S/c1-27-19-7-4-5-16(13-19)15-28-21-8-3-2-6-17(21)14-23-24-29(25,26)20-11-9-18(22)10-12-20/h2-14,24H,15H2,1H3/b23-14+. The van der Waals surface area contributed by atoms with Gasteiger partial charge in [0.1, 0.15) is 18.1 Å². The molecule has 0 aliphatic rings. The highest BCUT2D eigenvalue weighted by Crippen LogP contribution is 2.20. The number of halogens is 1. The molecule has 0 saturated heterocycles. The lowest BCUT2D eigenvalue weighted by atomic mass is 10.2. The number of methoxy groups -OCH3 is 1. The van der Waals surface area contributed by atoms with E-state index in [2.05, 4.69) is 9.93 Å². The Morgan fingerprint density at radius 1 is 1.03 bits per heavy atom. The third-order valence-electron chi connectivity index (χ3n) is 3.95. The van der Waals surface area contributed by atoms with E-state index in [1.165, 1.54) is 30.5 Å². The quantitative estimate of drug-likeness (QED) is 0.428. The van der Waals surface area contributed by atoms with Crippen LogP contribution in [0.2, 0.25) is 5.02 Å². The molecule has 0 aliphatic heterocycles. The lowest BCUT2D eigenvalue weighted by molar-refractivity contribution is 0.305. The first-order valence-corrected chi connectivity index (χ1v) is 10.5. The van der Waals surface area contributed by atoms with Crippen molar-refractivity contribution in [1.82, 2.24) is 4.83 Å². The summed E-state index contributed by atoms with van der Waals surface area (Å²) in [5, 5.41) is 4.31. The number of hydrogen-bond donors (Lipinski definition) is 1. The number of nitrogens with zero attached hydrogens (tertiary/aromatic N) is 1. The van der Waals surface area contributed by atoms with Crippen LogP contribution in [0.3, 0.4) is 0 Å². The topological polar surface area (TPSA) is 77.0 Å². The molecule has 1 N–H and O–H groups in total. The zero-order valence-corrected chi connectivity index (χ0v) is 17.2. The monoisotopic (exact) mass is 430 g/mol. The van der Waals surface area contributed by atoms with Gasteiger partial charge in [-0.3, -0.25) is 0 Å². The largest absolute Gasteiger partial charge is 0.497 e. The van der Waals surface area contributed by atoms with E-state index in [1.54, 1.807) is 19.2 Å². The Bertz CT molecular complexity index is 1100. The second kappa shape index (κ2) is 9.45. The van der Waals surface area contributed by atoms with E-state index in [-0.39, 0.29) is 4.90 Å². The van der Waals surface area contributed by atoms with Crippen LogP contribution in [0.1, 0.15) is 11.1 Å². The summed E-state index contributed by atoms with van der Waals surface area (Å²) in [7, 11) is -2.18. The SMILES string of the molecule is COc1cccc(COc2ccccc2/C=N/NS(=O)(=O)c2ccc(Cl)cc2)c1. The zero-order valence-electron chi connectivity index (χ0n) is 15.6. The van der Waals surface area contributed by atoms with Crippen molar-refractivity contribution in [2.45, 2.75) is 11.5 Å². The minimum atomic E-state index is -3.78. The fourth-order valence-electron chi connectivity index (χ4n) is 2.47. The first-order chi connectivity index (χ1) is 14.0. The number of hydrogen-bond acceptors (Lipinski definition) is 5. The van der Waals surface area contributed by atoms with Gasteiger partial charge in [0.05, 0.1) is 18.2 Å². The molecule has 29 heavy (non-hydrogen) atoms. The van der Waals surface area contributed by atoms with Crippen molar-refractivity contribution in [1.29, 1.82) is 0 Å².